The fourth-order valence-corrected chi connectivity index (χ4v) is 3.19. The van der Waals surface area contributed by atoms with Gasteiger partial charge in [-0.15, -0.1) is 0 Å². The highest BCUT2D eigenvalue weighted by Crippen LogP contribution is 2.36. The number of carbonyl (C=O) groups excluding carboxylic acids is 1. The minimum absolute atomic E-state index is 0.0431. The van der Waals surface area contributed by atoms with Crippen molar-refractivity contribution in [1.29, 1.82) is 0 Å². The van der Waals surface area contributed by atoms with Crippen LogP contribution in [0.4, 0.5) is 5.69 Å². The van der Waals surface area contributed by atoms with Crippen molar-refractivity contribution in [2.24, 2.45) is 0 Å². The molecule has 4 rings (SSSR count). The Kier molecular flexibility index (Phi) is 5.02. The van der Waals surface area contributed by atoms with Crippen molar-refractivity contribution in [2.45, 2.75) is 6.92 Å². The third-order valence-electron chi connectivity index (χ3n) is 4.74. The zero-order valence-electron chi connectivity index (χ0n) is 16.7. The molecule has 0 aliphatic heterocycles. The molecule has 0 unspecified atom stereocenters. The Morgan fingerprint density at radius 3 is 2.60 bits per heavy atom. The van der Waals surface area contributed by atoms with Gasteiger partial charge in [0.15, 0.2) is 5.58 Å². The lowest BCUT2D eigenvalue weighted by molar-refractivity contribution is 0.102. The molecule has 2 N–H and O–H groups in total. The van der Waals surface area contributed by atoms with Crippen LogP contribution in [0.25, 0.3) is 22.6 Å². The van der Waals surface area contributed by atoms with Crippen LogP contribution >= 0.6 is 0 Å². The maximum absolute atomic E-state index is 12.8. The highest BCUT2D eigenvalue weighted by molar-refractivity contribution is 6.06. The van der Waals surface area contributed by atoms with Crippen LogP contribution in [0.2, 0.25) is 0 Å². The van der Waals surface area contributed by atoms with Gasteiger partial charge in [-0.3, -0.25) is 4.79 Å². The first-order valence-electron chi connectivity index (χ1n) is 9.23. The Morgan fingerprint density at radius 1 is 1.07 bits per heavy atom. The molecule has 0 aliphatic rings. The number of oxazole rings is 1. The van der Waals surface area contributed by atoms with Crippen LogP contribution < -0.4 is 14.8 Å². The second kappa shape index (κ2) is 7.79. The average molecular weight is 404 g/mol. The van der Waals surface area contributed by atoms with E-state index in [4.69, 9.17) is 13.9 Å². The van der Waals surface area contributed by atoms with Crippen molar-refractivity contribution >= 4 is 22.7 Å². The van der Waals surface area contributed by atoms with E-state index < -0.39 is 0 Å². The van der Waals surface area contributed by atoms with Crippen molar-refractivity contribution in [2.75, 3.05) is 19.5 Å². The summed E-state index contributed by atoms with van der Waals surface area (Å²) >= 11 is 0. The van der Waals surface area contributed by atoms with Gasteiger partial charge < -0.3 is 24.3 Å². The molecule has 1 amide bonds. The summed E-state index contributed by atoms with van der Waals surface area (Å²) in [5, 5.41) is 13.4. The van der Waals surface area contributed by atoms with Gasteiger partial charge in [-0.2, -0.15) is 0 Å². The Morgan fingerprint density at radius 2 is 1.87 bits per heavy atom. The Labute approximate surface area is 172 Å². The monoisotopic (exact) mass is 404 g/mol. The predicted molar refractivity (Wildman–Crippen MR) is 113 cm³/mol. The molecule has 0 saturated carbocycles. The van der Waals surface area contributed by atoms with Gasteiger partial charge in [-0.05, 0) is 48.9 Å². The predicted octanol–water partition coefficient (Wildman–Crippen LogP) is 4.78. The van der Waals surface area contributed by atoms with Crippen molar-refractivity contribution in [3.05, 3.63) is 65.7 Å². The molecule has 7 heteroatoms. The largest absolute Gasteiger partial charge is 0.507 e. The summed E-state index contributed by atoms with van der Waals surface area (Å²) in [4.78, 5) is 17.3. The molecule has 4 aromatic rings. The van der Waals surface area contributed by atoms with Crippen LogP contribution in [0.1, 0.15) is 15.9 Å². The first kappa shape index (κ1) is 19.3. The van der Waals surface area contributed by atoms with E-state index in [1.807, 2.05) is 18.2 Å². The van der Waals surface area contributed by atoms with Crippen molar-refractivity contribution in [3.8, 4) is 28.7 Å². The van der Waals surface area contributed by atoms with E-state index in [0.29, 0.717) is 45.0 Å². The molecule has 0 saturated heterocycles. The maximum Gasteiger partial charge on any atom is 0.259 e. The number of anilines is 1. The molecule has 30 heavy (non-hydrogen) atoms. The fourth-order valence-electron chi connectivity index (χ4n) is 3.19. The first-order valence-corrected chi connectivity index (χ1v) is 9.23. The van der Waals surface area contributed by atoms with Gasteiger partial charge in [-0.1, -0.05) is 12.1 Å². The molecular weight excluding hydrogens is 384 g/mol. The van der Waals surface area contributed by atoms with Gasteiger partial charge in [0.1, 0.15) is 22.8 Å². The summed E-state index contributed by atoms with van der Waals surface area (Å²) in [6.07, 6.45) is 0. The molecule has 7 nitrogen and oxygen atoms in total. The van der Waals surface area contributed by atoms with E-state index in [-0.39, 0.29) is 17.5 Å². The number of phenols is 1. The average Bonchev–Trinajstić information content (AvgIpc) is 3.19. The minimum atomic E-state index is -0.358. The van der Waals surface area contributed by atoms with Gasteiger partial charge in [0.25, 0.3) is 5.91 Å². The normalized spacial score (nSPS) is 10.8. The lowest BCUT2D eigenvalue weighted by Crippen LogP contribution is -2.13. The van der Waals surface area contributed by atoms with E-state index in [0.717, 1.165) is 0 Å². The number of aromatic hydroxyl groups is 1. The summed E-state index contributed by atoms with van der Waals surface area (Å²) < 4.78 is 16.3. The second-order valence-corrected chi connectivity index (χ2v) is 6.70. The van der Waals surface area contributed by atoms with E-state index >= 15 is 0 Å². The minimum Gasteiger partial charge on any atom is -0.507 e. The van der Waals surface area contributed by atoms with Gasteiger partial charge in [-0.25, -0.2) is 4.98 Å². The van der Waals surface area contributed by atoms with Gasteiger partial charge in [0.05, 0.1) is 25.3 Å². The summed E-state index contributed by atoms with van der Waals surface area (Å²) in [7, 11) is 3.03. The number of aromatic nitrogens is 1. The summed E-state index contributed by atoms with van der Waals surface area (Å²) in [5.74, 6) is 0.934. The van der Waals surface area contributed by atoms with E-state index in [2.05, 4.69) is 10.3 Å². The number of benzene rings is 3. The molecular formula is C23H20N2O5. The molecule has 1 heterocycles. The van der Waals surface area contributed by atoms with Gasteiger partial charge in [0.2, 0.25) is 5.89 Å². The number of hydrogen-bond donors (Lipinski definition) is 2. The Balaban J connectivity index is 1.69. The Hall–Kier alpha value is -4.00. The van der Waals surface area contributed by atoms with Crippen molar-refractivity contribution in [3.63, 3.8) is 0 Å². The molecule has 1 aromatic heterocycles. The standard InChI is InChI=1S/C23H20N2O5/c1-13-10-14(24-22(27)16-9-8-15(28-2)12-20(16)29-3)11-17(21(13)26)23-25-18-6-4-5-7-19(18)30-23/h4-12,26H,1-3H3,(H,24,27). The topological polar surface area (TPSA) is 93.8 Å². The number of amides is 1. The van der Waals surface area contributed by atoms with Gasteiger partial charge >= 0.3 is 0 Å². The number of nitrogens with zero attached hydrogens (tertiary/aromatic N) is 1. The second-order valence-electron chi connectivity index (χ2n) is 6.70. The summed E-state index contributed by atoms with van der Waals surface area (Å²) in [6.45, 7) is 1.74. The number of para-hydroxylation sites is 2. The highest BCUT2D eigenvalue weighted by atomic mass is 16.5. The molecule has 0 bridgehead atoms. The zero-order chi connectivity index (χ0) is 21.3. The third-order valence-corrected chi connectivity index (χ3v) is 4.74. The zero-order valence-corrected chi connectivity index (χ0v) is 16.7. The van der Waals surface area contributed by atoms with Crippen LogP contribution in [-0.4, -0.2) is 30.2 Å². The lowest BCUT2D eigenvalue weighted by atomic mass is 10.1. The van der Waals surface area contributed by atoms with E-state index in [1.54, 1.807) is 50.4 Å². The summed E-state index contributed by atoms with van der Waals surface area (Å²) in [5.41, 5.74) is 3.11. The number of carbonyl (C=O) groups is 1. The smallest absolute Gasteiger partial charge is 0.259 e. The molecule has 0 spiro atoms. The first-order chi connectivity index (χ1) is 14.5. The van der Waals surface area contributed by atoms with E-state index in [9.17, 15) is 9.90 Å². The SMILES string of the molecule is COc1ccc(C(=O)Nc2cc(C)c(O)c(-c3nc4ccccc4o3)c2)c(OC)c1. The van der Waals surface area contributed by atoms with Crippen LogP contribution in [0.3, 0.4) is 0 Å². The Bertz CT molecular complexity index is 1210. The third kappa shape index (κ3) is 3.53. The number of hydrogen-bond acceptors (Lipinski definition) is 6. The van der Waals surface area contributed by atoms with Crippen molar-refractivity contribution in [1.82, 2.24) is 4.98 Å². The molecule has 0 fully saturated rings. The van der Waals surface area contributed by atoms with E-state index in [1.165, 1.54) is 7.11 Å². The molecule has 152 valence electrons. The van der Waals surface area contributed by atoms with Crippen molar-refractivity contribution < 1.29 is 23.8 Å². The quantitative estimate of drug-likeness (QED) is 0.465. The van der Waals surface area contributed by atoms with Crippen LogP contribution in [0.15, 0.2) is 59.0 Å². The lowest BCUT2D eigenvalue weighted by Gasteiger charge is -2.13. The van der Waals surface area contributed by atoms with Crippen LogP contribution in [0.5, 0.6) is 17.2 Å². The summed E-state index contributed by atoms with van der Waals surface area (Å²) in [6, 6.07) is 15.6. The fraction of sp³-hybridized carbons (Fsp3) is 0.130. The number of nitrogens with one attached hydrogen (secondary N) is 1. The van der Waals surface area contributed by atoms with Gasteiger partial charge in [0, 0.05) is 11.8 Å². The molecule has 3 aromatic carbocycles. The number of phenolic OH excluding ortho intramolecular Hbond substituents is 1. The molecule has 0 radical (unpaired) electrons. The number of fused-ring (bicyclic) bond motifs is 1. The number of aryl methyl sites for hydroxylation is 1. The maximum atomic E-state index is 12.8. The number of methoxy groups -OCH3 is 2. The number of ether oxygens (including phenoxy) is 2. The van der Waals surface area contributed by atoms with Crippen LogP contribution in [-0.2, 0) is 0 Å². The molecule has 0 atom stereocenters. The molecule has 0 aliphatic carbocycles. The van der Waals surface area contributed by atoms with Crippen LogP contribution in [0, 0.1) is 6.92 Å². The highest BCUT2D eigenvalue weighted by Gasteiger charge is 2.18. The number of rotatable bonds is 5.